The zero-order chi connectivity index (χ0) is 12.1. The Hall–Kier alpha value is -0.530. The molecule has 98 valence electrons. The largest absolute Gasteiger partial charge is 0.355 e. The molecule has 0 bridgehead atoms. The van der Waals surface area contributed by atoms with Gasteiger partial charge >= 0.3 is 0 Å². The molecule has 0 radical (unpaired) electrons. The third-order valence-electron chi connectivity index (χ3n) is 4.63. The summed E-state index contributed by atoms with van der Waals surface area (Å²) in [6.07, 6.45) is 14.1. The molecular weight excluding hydrogens is 208 g/mol. The quantitative estimate of drug-likeness (QED) is 0.522. The van der Waals surface area contributed by atoms with Crippen LogP contribution in [-0.4, -0.2) is 29.9 Å². The van der Waals surface area contributed by atoms with Crippen LogP contribution in [0.15, 0.2) is 4.99 Å². The maximum absolute atomic E-state index is 4.48. The predicted octanol–water partition coefficient (Wildman–Crippen LogP) is 4.00. The lowest BCUT2D eigenvalue weighted by Gasteiger charge is -2.43. The van der Waals surface area contributed by atoms with Crippen LogP contribution in [0.3, 0.4) is 0 Å². The Morgan fingerprint density at radius 1 is 0.824 bits per heavy atom. The zero-order valence-electron chi connectivity index (χ0n) is 11.6. The molecule has 2 fully saturated rings. The van der Waals surface area contributed by atoms with Gasteiger partial charge in [-0.1, -0.05) is 38.5 Å². The molecular formula is C15H28N2. The second-order valence-electron chi connectivity index (χ2n) is 5.76. The van der Waals surface area contributed by atoms with Gasteiger partial charge in [0.1, 0.15) is 0 Å². The van der Waals surface area contributed by atoms with Crippen molar-refractivity contribution in [3.05, 3.63) is 0 Å². The Kier molecular flexibility index (Phi) is 4.87. The first-order valence-corrected chi connectivity index (χ1v) is 7.54. The molecule has 0 aromatic carbocycles. The van der Waals surface area contributed by atoms with E-state index in [-0.39, 0.29) is 0 Å². The Labute approximate surface area is 106 Å². The summed E-state index contributed by atoms with van der Waals surface area (Å²) in [6.45, 7) is 2.21. The molecule has 2 heteroatoms. The van der Waals surface area contributed by atoms with Crippen LogP contribution in [0.4, 0.5) is 0 Å². The molecule has 2 nitrogen and oxygen atoms in total. The van der Waals surface area contributed by atoms with Crippen molar-refractivity contribution in [2.45, 2.75) is 83.2 Å². The van der Waals surface area contributed by atoms with Gasteiger partial charge in [-0.05, 0) is 32.6 Å². The monoisotopic (exact) mass is 236 g/mol. The van der Waals surface area contributed by atoms with E-state index in [1.807, 2.05) is 7.05 Å². The number of amidine groups is 1. The molecule has 0 aromatic rings. The molecule has 0 aromatic heterocycles. The van der Waals surface area contributed by atoms with Crippen molar-refractivity contribution in [1.29, 1.82) is 0 Å². The van der Waals surface area contributed by atoms with Crippen molar-refractivity contribution < 1.29 is 0 Å². The Morgan fingerprint density at radius 2 is 1.24 bits per heavy atom. The Balaban J connectivity index is 2.05. The summed E-state index contributed by atoms with van der Waals surface area (Å²) in [5.41, 5.74) is 0. The van der Waals surface area contributed by atoms with Crippen molar-refractivity contribution in [2.24, 2.45) is 4.99 Å². The normalized spacial score (nSPS) is 24.9. The molecule has 2 aliphatic carbocycles. The highest BCUT2D eigenvalue weighted by molar-refractivity contribution is 5.80. The second kappa shape index (κ2) is 6.42. The highest BCUT2D eigenvalue weighted by Crippen LogP contribution is 2.30. The predicted molar refractivity (Wildman–Crippen MR) is 74.6 cm³/mol. The maximum atomic E-state index is 4.48. The Morgan fingerprint density at radius 3 is 1.59 bits per heavy atom. The second-order valence-corrected chi connectivity index (χ2v) is 5.76. The lowest BCUT2D eigenvalue weighted by Crippen LogP contribution is -2.47. The highest BCUT2D eigenvalue weighted by atomic mass is 15.2. The van der Waals surface area contributed by atoms with Crippen LogP contribution >= 0.6 is 0 Å². The van der Waals surface area contributed by atoms with E-state index < -0.39 is 0 Å². The van der Waals surface area contributed by atoms with Gasteiger partial charge in [0.25, 0.3) is 0 Å². The molecule has 0 heterocycles. The molecule has 0 atom stereocenters. The number of nitrogens with zero attached hydrogens (tertiary/aromatic N) is 2. The van der Waals surface area contributed by atoms with Crippen molar-refractivity contribution in [3.63, 3.8) is 0 Å². The number of aliphatic imine (C=N–C) groups is 1. The first-order valence-electron chi connectivity index (χ1n) is 7.54. The van der Waals surface area contributed by atoms with Gasteiger partial charge in [0.2, 0.25) is 0 Å². The first-order chi connectivity index (χ1) is 8.33. The lowest BCUT2D eigenvalue weighted by atomic mass is 9.88. The molecule has 0 unspecified atom stereocenters. The lowest BCUT2D eigenvalue weighted by molar-refractivity contribution is 0.156. The van der Waals surface area contributed by atoms with Crippen LogP contribution in [0, 0.1) is 0 Å². The van der Waals surface area contributed by atoms with Gasteiger partial charge in [0.15, 0.2) is 0 Å². The van der Waals surface area contributed by atoms with Crippen LogP contribution in [0.2, 0.25) is 0 Å². The number of hydrogen-bond donors (Lipinski definition) is 0. The minimum absolute atomic E-state index is 0.788. The van der Waals surface area contributed by atoms with E-state index in [9.17, 15) is 0 Å². The molecule has 0 N–H and O–H groups in total. The third kappa shape index (κ3) is 3.23. The van der Waals surface area contributed by atoms with Gasteiger partial charge in [-0.25, -0.2) is 0 Å². The molecule has 0 aliphatic heterocycles. The molecule has 0 saturated heterocycles. The smallest absolute Gasteiger partial charge is 0.0959 e. The summed E-state index contributed by atoms with van der Waals surface area (Å²) in [7, 11) is 1.95. The standard InChI is InChI=1S/C15H28N2/c1-13(16-2)17(14-9-5-3-6-10-14)15-11-7-4-8-12-15/h14-15H,3-12H2,1-2H3. The van der Waals surface area contributed by atoms with Gasteiger partial charge in [-0.3, -0.25) is 4.99 Å². The number of hydrogen-bond acceptors (Lipinski definition) is 1. The van der Waals surface area contributed by atoms with Gasteiger partial charge in [-0.2, -0.15) is 0 Å². The number of rotatable bonds is 2. The van der Waals surface area contributed by atoms with Gasteiger partial charge in [-0.15, -0.1) is 0 Å². The van der Waals surface area contributed by atoms with Crippen LogP contribution in [-0.2, 0) is 0 Å². The molecule has 17 heavy (non-hydrogen) atoms. The van der Waals surface area contributed by atoms with Crippen LogP contribution in [0.25, 0.3) is 0 Å². The minimum atomic E-state index is 0.788. The summed E-state index contributed by atoms with van der Waals surface area (Å²) >= 11 is 0. The summed E-state index contributed by atoms with van der Waals surface area (Å²) in [5, 5.41) is 0. The van der Waals surface area contributed by atoms with E-state index in [0.717, 1.165) is 12.1 Å². The van der Waals surface area contributed by atoms with E-state index in [1.165, 1.54) is 70.0 Å². The van der Waals surface area contributed by atoms with E-state index in [4.69, 9.17) is 0 Å². The van der Waals surface area contributed by atoms with E-state index in [0.29, 0.717) is 0 Å². The van der Waals surface area contributed by atoms with E-state index >= 15 is 0 Å². The van der Waals surface area contributed by atoms with Crippen LogP contribution in [0.5, 0.6) is 0 Å². The topological polar surface area (TPSA) is 15.6 Å². The average Bonchev–Trinajstić information content (AvgIpc) is 2.41. The molecule has 0 spiro atoms. The van der Waals surface area contributed by atoms with Crippen molar-refractivity contribution in [2.75, 3.05) is 7.05 Å². The third-order valence-corrected chi connectivity index (χ3v) is 4.63. The molecule has 2 rings (SSSR count). The molecule has 2 aliphatic rings. The zero-order valence-corrected chi connectivity index (χ0v) is 11.6. The summed E-state index contributed by atoms with van der Waals surface area (Å²) in [5.74, 6) is 1.28. The molecule has 0 amide bonds. The summed E-state index contributed by atoms with van der Waals surface area (Å²) < 4.78 is 0. The van der Waals surface area contributed by atoms with E-state index in [2.05, 4.69) is 16.8 Å². The fourth-order valence-electron chi connectivity index (χ4n) is 3.66. The summed E-state index contributed by atoms with van der Waals surface area (Å²) in [6, 6.07) is 1.58. The maximum Gasteiger partial charge on any atom is 0.0959 e. The Bertz CT molecular complexity index is 230. The minimum Gasteiger partial charge on any atom is -0.355 e. The van der Waals surface area contributed by atoms with E-state index in [1.54, 1.807) is 0 Å². The van der Waals surface area contributed by atoms with Gasteiger partial charge < -0.3 is 4.90 Å². The fraction of sp³-hybridized carbons (Fsp3) is 0.933. The van der Waals surface area contributed by atoms with Crippen molar-refractivity contribution in [1.82, 2.24) is 4.90 Å². The average molecular weight is 236 g/mol. The summed E-state index contributed by atoms with van der Waals surface area (Å²) in [4.78, 5) is 7.17. The first kappa shape index (κ1) is 12.9. The van der Waals surface area contributed by atoms with Crippen molar-refractivity contribution in [3.8, 4) is 0 Å². The van der Waals surface area contributed by atoms with Crippen molar-refractivity contribution >= 4 is 5.84 Å². The van der Waals surface area contributed by atoms with Crippen LogP contribution < -0.4 is 0 Å². The SMILES string of the molecule is CN=C(C)N(C1CCCCC1)C1CCCCC1. The molecule has 2 saturated carbocycles. The highest BCUT2D eigenvalue weighted by Gasteiger charge is 2.29. The van der Waals surface area contributed by atoms with Gasteiger partial charge in [0.05, 0.1) is 5.84 Å². The van der Waals surface area contributed by atoms with Gasteiger partial charge in [0, 0.05) is 19.1 Å². The van der Waals surface area contributed by atoms with Crippen LogP contribution in [0.1, 0.15) is 71.1 Å². The fourth-order valence-corrected chi connectivity index (χ4v) is 3.66.